The van der Waals surface area contributed by atoms with E-state index in [1.807, 2.05) is 0 Å². The summed E-state index contributed by atoms with van der Waals surface area (Å²) >= 11 is 3.13. The minimum Gasteiger partial charge on any atom is -0.493 e. The number of methoxy groups -OCH3 is 1. The van der Waals surface area contributed by atoms with E-state index in [0.29, 0.717) is 22.9 Å². The van der Waals surface area contributed by atoms with E-state index in [9.17, 15) is 4.39 Å². The van der Waals surface area contributed by atoms with E-state index >= 15 is 0 Å². The summed E-state index contributed by atoms with van der Waals surface area (Å²) < 4.78 is 24.5. The fourth-order valence-corrected chi connectivity index (χ4v) is 2.65. The zero-order valence-corrected chi connectivity index (χ0v) is 14.1. The smallest absolute Gasteiger partial charge is 0.141 e. The van der Waals surface area contributed by atoms with Gasteiger partial charge in [0.1, 0.15) is 11.6 Å². The van der Waals surface area contributed by atoms with Gasteiger partial charge in [-0.2, -0.15) is 0 Å². The Morgan fingerprint density at radius 3 is 2.71 bits per heavy atom. The van der Waals surface area contributed by atoms with Crippen molar-refractivity contribution >= 4 is 15.9 Å². The zero-order valence-electron chi connectivity index (χ0n) is 12.5. The molecule has 21 heavy (non-hydrogen) atoms. The van der Waals surface area contributed by atoms with E-state index in [1.54, 1.807) is 19.2 Å². The second-order valence-electron chi connectivity index (χ2n) is 5.46. The molecule has 0 unspecified atom stereocenters. The van der Waals surface area contributed by atoms with E-state index < -0.39 is 0 Å². The van der Waals surface area contributed by atoms with Crippen LogP contribution in [0.25, 0.3) is 0 Å². The highest BCUT2D eigenvalue weighted by Crippen LogP contribution is 2.21. The fourth-order valence-electron chi connectivity index (χ4n) is 2.40. The second kappa shape index (κ2) is 8.71. The van der Waals surface area contributed by atoms with Crippen LogP contribution in [0.3, 0.4) is 0 Å². The number of halogens is 2. The second-order valence-corrected chi connectivity index (χ2v) is 6.31. The van der Waals surface area contributed by atoms with Crippen molar-refractivity contribution in [2.75, 3.05) is 33.4 Å². The standard InChI is InChI=1S/C16H23BrFNO2/c1-20-14-11-19(12-14)8-4-2-3-5-9-21-13-6-7-15(17)16(18)10-13/h6-7,10,14H,2-5,8-9,11-12H2,1H3. The summed E-state index contributed by atoms with van der Waals surface area (Å²) in [4.78, 5) is 2.43. The SMILES string of the molecule is COC1CN(CCCCCCOc2ccc(Br)c(F)c2)C1. The monoisotopic (exact) mass is 359 g/mol. The molecule has 2 rings (SSSR count). The van der Waals surface area contributed by atoms with Crippen LogP contribution in [0.4, 0.5) is 4.39 Å². The molecule has 0 aliphatic carbocycles. The van der Waals surface area contributed by atoms with Crippen molar-refractivity contribution in [2.24, 2.45) is 0 Å². The molecule has 0 N–H and O–H groups in total. The molecule has 1 heterocycles. The topological polar surface area (TPSA) is 21.7 Å². The molecule has 1 aliphatic heterocycles. The van der Waals surface area contributed by atoms with Crippen LogP contribution in [-0.4, -0.2) is 44.4 Å². The summed E-state index contributed by atoms with van der Waals surface area (Å²) in [5.41, 5.74) is 0. The number of ether oxygens (including phenoxy) is 2. The van der Waals surface area contributed by atoms with Crippen LogP contribution in [0.2, 0.25) is 0 Å². The number of rotatable bonds is 9. The maximum atomic E-state index is 13.3. The lowest BCUT2D eigenvalue weighted by Gasteiger charge is -2.38. The first-order valence-corrected chi connectivity index (χ1v) is 8.31. The third-order valence-electron chi connectivity index (χ3n) is 3.79. The summed E-state index contributed by atoms with van der Waals surface area (Å²) in [5, 5.41) is 0. The van der Waals surface area contributed by atoms with Crippen molar-refractivity contribution in [1.29, 1.82) is 0 Å². The van der Waals surface area contributed by atoms with Gasteiger partial charge in [-0.1, -0.05) is 12.8 Å². The summed E-state index contributed by atoms with van der Waals surface area (Å²) in [6.07, 6.45) is 5.05. The summed E-state index contributed by atoms with van der Waals surface area (Å²) in [5.74, 6) is 0.318. The average molecular weight is 360 g/mol. The first kappa shape index (κ1) is 16.7. The number of unbranched alkanes of at least 4 members (excludes halogenated alkanes) is 3. The Hall–Kier alpha value is -0.650. The number of benzene rings is 1. The number of nitrogens with zero attached hydrogens (tertiary/aromatic N) is 1. The van der Waals surface area contributed by atoms with Gasteiger partial charge in [-0.25, -0.2) is 4.39 Å². The Labute approximate surface area is 134 Å². The van der Waals surface area contributed by atoms with Gasteiger partial charge in [-0.3, -0.25) is 4.90 Å². The van der Waals surface area contributed by atoms with Gasteiger partial charge < -0.3 is 9.47 Å². The van der Waals surface area contributed by atoms with Gasteiger partial charge in [0.2, 0.25) is 0 Å². The third kappa shape index (κ3) is 5.57. The van der Waals surface area contributed by atoms with E-state index in [-0.39, 0.29) is 5.82 Å². The molecule has 5 heteroatoms. The highest BCUT2D eigenvalue weighted by molar-refractivity contribution is 9.10. The molecule has 1 aliphatic rings. The molecule has 0 saturated carbocycles. The molecule has 0 amide bonds. The lowest BCUT2D eigenvalue weighted by Crippen LogP contribution is -2.51. The largest absolute Gasteiger partial charge is 0.493 e. The third-order valence-corrected chi connectivity index (χ3v) is 4.43. The fraction of sp³-hybridized carbons (Fsp3) is 0.625. The van der Waals surface area contributed by atoms with Crippen molar-refractivity contribution in [3.8, 4) is 5.75 Å². The van der Waals surface area contributed by atoms with Crippen molar-refractivity contribution < 1.29 is 13.9 Å². The Kier molecular flexibility index (Phi) is 6.93. The van der Waals surface area contributed by atoms with E-state index in [1.165, 1.54) is 25.5 Å². The maximum absolute atomic E-state index is 13.3. The van der Waals surface area contributed by atoms with Gasteiger partial charge in [-0.05, 0) is 47.4 Å². The number of hydrogen-bond acceptors (Lipinski definition) is 3. The van der Waals surface area contributed by atoms with E-state index in [4.69, 9.17) is 9.47 Å². The predicted octanol–water partition coefficient (Wildman–Crippen LogP) is 3.86. The lowest BCUT2D eigenvalue weighted by molar-refractivity contribution is -0.0296. The van der Waals surface area contributed by atoms with Crippen LogP contribution in [0.5, 0.6) is 5.75 Å². The van der Waals surface area contributed by atoms with E-state index in [0.717, 1.165) is 25.9 Å². The van der Waals surface area contributed by atoms with Crippen molar-refractivity contribution in [3.05, 3.63) is 28.5 Å². The van der Waals surface area contributed by atoms with Gasteiger partial charge in [0.15, 0.2) is 0 Å². The predicted molar refractivity (Wildman–Crippen MR) is 85.3 cm³/mol. The maximum Gasteiger partial charge on any atom is 0.141 e. The van der Waals surface area contributed by atoms with Gasteiger partial charge in [0.05, 0.1) is 17.2 Å². The first-order chi connectivity index (χ1) is 10.2. The molecular weight excluding hydrogens is 337 g/mol. The molecule has 1 fully saturated rings. The van der Waals surface area contributed by atoms with Crippen LogP contribution in [0.15, 0.2) is 22.7 Å². The Morgan fingerprint density at radius 1 is 1.24 bits per heavy atom. The minimum absolute atomic E-state index is 0.281. The first-order valence-electron chi connectivity index (χ1n) is 7.52. The molecule has 118 valence electrons. The van der Waals surface area contributed by atoms with E-state index in [2.05, 4.69) is 20.8 Å². The summed E-state index contributed by atoms with van der Waals surface area (Å²) in [6, 6.07) is 4.87. The van der Waals surface area contributed by atoms with Gasteiger partial charge in [-0.15, -0.1) is 0 Å². The van der Waals surface area contributed by atoms with Crippen LogP contribution in [-0.2, 0) is 4.74 Å². The number of hydrogen-bond donors (Lipinski definition) is 0. The molecule has 0 bridgehead atoms. The number of likely N-dealkylation sites (tertiary alicyclic amines) is 1. The molecule has 0 spiro atoms. The average Bonchev–Trinajstić information content (AvgIpc) is 2.43. The van der Waals surface area contributed by atoms with Crippen LogP contribution in [0, 0.1) is 5.82 Å². The van der Waals surface area contributed by atoms with Gasteiger partial charge in [0.25, 0.3) is 0 Å². The van der Waals surface area contributed by atoms with Gasteiger partial charge >= 0.3 is 0 Å². The molecule has 0 radical (unpaired) electrons. The van der Waals surface area contributed by atoms with Crippen molar-refractivity contribution in [3.63, 3.8) is 0 Å². The Bertz CT molecular complexity index is 438. The molecule has 1 aromatic rings. The van der Waals surface area contributed by atoms with Crippen LogP contribution < -0.4 is 4.74 Å². The minimum atomic E-state index is -0.281. The summed E-state index contributed by atoms with van der Waals surface area (Å²) in [7, 11) is 1.78. The van der Waals surface area contributed by atoms with Crippen LogP contribution >= 0.6 is 15.9 Å². The summed E-state index contributed by atoms with van der Waals surface area (Å²) in [6.45, 7) is 3.97. The van der Waals surface area contributed by atoms with Crippen molar-refractivity contribution in [1.82, 2.24) is 4.90 Å². The Balaban J connectivity index is 1.46. The molecule has 3 nitrogen and oxygen atoms in total. The zero-order chi connectivity index (χ0) is 15.1. The Morgan fingerprint density at radius 2 is 2.00 bits per heavy atom. The highest BCUT2D eigenvalue weighted by atomic mass is 79.9. The molecule has 0 atom stereocenters. The van der Waals surface area contributed by atoms with Crippen molar-refractivity contribution in [2.45, 2.75) is 31.8 Å². The normalized spacial score (nSPS) is 16.0. The molecule has 1 aromatic carbocycles. The lowest BCUT2D eigenvalue weighted by atomic mass is 10.1. The molecule has 0 aromatic heterocycles. The van der Waals surface area contributed by atoms with Gasteiger partial charge in [0, 0.05) is 26.3 Å². The highest BCUT2D eigenvalue weighted by Gasteiger charge is 2.25. The molecular formula is C16H23BrFNO2. The quantitative estimate of drug-likeness (QED) is 0.625. The molecule has 1 saturated heterocycles. The van der Waals surface area contributed by atoms with Crippen LogP contribution in [0.1, 0.15) is 25.7 Å².